The molecule has 1 aromatic rings. The summed E-state index contributed by atoms with van der Waals surface area (Å²) in [6.45, 7) is 4.24. The summed E-state index contributed by atoms with van der Waals surface area (Å²) in [4.78, 5) is 23.0. The molecule has 0 unspecified atom stereocenters. The van der Waals surface area contributed by atoms with Crippen LogP contribution in [0.3, 0.4) is 0 Å². The number of hydrogen-bond donors (Lipinski definition) is 2. The van der Waals surface area contributed by atoms with Gasteiger partial charge in [0, 0.05) is 17.1 Å². The number of nitrogens with one attached hydrogen (secondary N) is 1. The minimum absolute atomic E-state index is 0.171. The number of carboxylic acids is 1. The van der Waals surface area contributed by atoms with E-state index in [-0.39, 0.29) is 12.5 Å². The van der Waals surface area contributed by atoms with Crippen LogP contribution in [0.25, 0.3) is 0 Å². The highest BCUT2D eigenvalue weighted by Crippen LogP contribution is 2.45. The number of halogens is 1. The first-order valence-electron chi connectivity index (χ1n) is 6.67. The highest BCUT2D eigenvalue weighted by Gasteiger charge is 2.50. The van der Waals surface area contributed by atoms with E-state index in [0.717, 1.165) is 5.56 Å². The fourth-order valence-electron chi connectivity index (χ4n) is 2.11. The first kappa shape index (κ1) is 14.9. The van der Waals surface area contributed by atoms with Crippen molar-refractivity contribution >= 4 is 23.5 Å². The SMILES string of the molecule is CC(C)c1ccc(C(=O)NCC2(C(=O)O)CC2)cc1Cl. The van der Waals surface area contributed by atoms with E-state index in [1.807, 2.05) is 19.9 Å². The molecule has 1 saturated carbocycles. The predicted octanol–water partition coefficient (Wildman–Crippen LogP) is 3.06. The maximum Gasteiger partial charge on any atom is 0.311 e. The summed E-state index contributed by atoms with van der Waals surface area (Å²) in [5.41, 5.74) is 0.699. The number of carbonyl (C=O) groups is 2. The third-order valence-electron chi connectivity index (χ3n) is 3.78. The van der Waals surface area contributed by atoms with Gasteiger partial charge in [-0.05, 0) is 36.5 Å². The maximum absolute atomic E-state index is 12.0. The lowest BCUT2D eigenvalue weighted by Gasteiger charge is -2.13. The van der Waals surface area contributed by atoms with Gasteiger partial charge in [-0.2, -0.15) is 0 Å². The average Bonchev–Trinajstić information content (AvgIpc) is 3.16. The Balaban J connectivity index is 2.03. The minimum Gasteiger partial charge on any atom is -0.481 e. The molecule has 0 radical (unpaired) electrons. The number of aliphatic carboxylic acids is 1. The largest absolute Gasteiger partial charge is 0.481 e. The van der Waals surface area contributed by atoms with Gasteiger partial charge in [0.1, 0.15) is 0 Å². The number of benzene rings is 1. The third-order valence-corrected chi connectivity index (χ3v) is 4.11. The Labute approximate surface area is 123 Å². The van der Waals surface area contributed by atoms with Crippen molar-refractivity contribution in [3.63, 3.8) is 0 Å². The molecule has 4 nitrogen and oxygen atoms in total. The van der Waals surface area contributed by atoms with Gasteiger partial charge in [-0.25, -0.2) is 0 Å². The van der Waals surface area contributed by atoms with Gasteiger partial charge >= 0.3 is 5.97 Å². The molecule has 1 aromatic carbocycles. The van der Waals surface area contributed by atoms with Crippen LogP contribution in [0, 0.1) is 5.41 Å². The van der Waals surface area contributed by atoms with Crippen LogP contribution < -0.4 is 5.32 Å². The van der Waals surface area contributed by atoms with Crippen LogP contribution in [0.15, 0.2) is 18.2 Å². The Kier molecular flexibility index (Phi) is 4.04. The molecule has 0 bridgehead atoms. The van der Waals surface area contributed by atoms with Crippen molar-refractivity contribution in [1.82, 2.24) is 5.32 Å². The smallest absolute Gasteiger partial charge is 0.311 e. The summed E-state index contributed by atoms with van der Waals surface area (Å²) in [6, 6.07) is 5.19. The molecule has 108 valence electrons. The zero-order valence-corrected chi connectivity index (χ0v) is 12.3. The maximum atomic E-state index is 12.0. The zero-order chi connectivity index (χ0) is 14.9. The first-order valence-corrected chi connectivity index (χ1v) is 7.04. The lowest BCUT2D eigenvalue weighted by molar-refractivity contribution is -0.143. The minimum atomic E-state index is -0.842. The van der Waals surface area contributed by atoms with E-state index in [4.69, 9.17) is 16.7 Å². The summed E-state index contributed by atoms with van der Waals surface area (Å²) in [7, 11) is 0. The van der Waals surface area contributed by atoms with Crippen LogP contribution in [-0.2, 0) is 4.79 Å². The van der Waals surface area contributed by atoms with Crippen LogP contribution in [0.2, 0.25) is 5.02 Å². The van der Waals surface area contributed by atoms with E-state index >= 15 is 0 Å². The van der Waals surface area contributed by atoms with E-state index in [0.29, 0.717) is 29.3 Å². The Bertz CT molecular complexity index is 550. The van der Waals surface area contributed by atoms with Crippen molar-refractivity contribution in [3.05, 3.63) is 34.3 Å². The summed E-state index contributed by atoms with van der Waals surface area (Å²) in [6.07, 6.45) is 1.24. The Morgan fingerprint density at radius 3 is 2.50 bits per heavy atom. The van der Waals surface area contributed by atoms with Gasteiger partial charge < -0.3 is 10.4 Å². The van der Waals surface area contributed by atoms with Crippen LogP contribution in [0.5, 0.6) is 0 Å². The lowest BCUT2D eigenvalue weighted by atomic mass is 10.0. The van der Waals surface area contributed by atoms with Crippen molar-refractivity contribution in [3.8, 4) is 0 Å². The normalized spacial score (nSPS) is 16.0. The number of amides is 1. The summed E-state index contributed by atoms with van der Waals surface area (Å²) < 4.78 is 0. The summed E-state index contributed by atoms with van der Waals surface area (Å²) >= 11 is 6.15. The molecule has 20 heavy (non-hydrogen) atoms. The van der Waals surface area contributed by atoms with E-state index < -0.39 is 11.4 Å². The van der Waals surface area contributed by atoms with Gasteiger partial charge in [-0.15, -0.1) is 0 Å². The molecule has 0 saturated heterocycles. The second-order valence-corrected chi connectivity index (χ2v) is 6.07. The van der Waals surface area contributed by atoms with Gasteiger partial charge in [0.15, 0.2) is 0 Å². The van der Waals surface area contributed by atoms with E-state index in [1.54, 1.807) is 12.1 Å². The molecule has 0 atom stereocenters. The van der Waals surface area contributed by atoms with Gasteiger partial charge in [0.25, 0.3) is 5.91 Å². The molecule has 2 N–H and O–H groups in total. The topological polar surface area (TPSA) is 66.4 Å². The molecule has 1 aliphatic carbocycles. The van der Waals surface area contributed by atoms with Crippen molar-refractivity contribution in [2.24, 2.45) is 5.41 Å². The van der Waals surface area contributed by atoms with Gasteiger partial charge in [-0.3, -0.25) is 9.59 Å². The highest BCUT2D eigenvalue weighted by molar-refractivity contribution is 6.31. The molecule has 1 amide bonds. The molecule has 1 aliphatic rings. The molecule has 0 aromatic heterocycles. The summed E-state index contributed by atoms with van der Waals surface area (Å²) in [5.74, 6) is -0.831. The monoisotopic (exact) mass is 295 g/mol. The standard InChI is InChI=1S/C15H18ClNO3/c1-9(2)11-4-3-10(7-12(11)16)13(18)17-8-15(5-6-15)14(19)20/h3-4,7,9H,5-6,8H2,1-2H3,(H,17,18)(H,19,20). The Morgan fingerprint density at radius 1 is 1.40 bits per heavy atom. The predicted molar refractivity (Wildman–Crippen MR) is 77.2 cm³/mol. The molecular weight excluding hydrogens is 278 g/mol. The highest BCUT2D eigenvalue weighted by atomic mass is 35.5. The second kappa shape index (κ2) is 5.44. The molecule has 0 heterocycles. The number of carboxylic acid groups (broad SMARTS) is 1. The van der Waals surface area contributed by atoms with Gasteiger partial charge in [0.2, 0.25) is 0 Å². The summed E-state index contributed by atoms with van der Waals surface area (Å²) in [5, 5.41) is 12.3. The van der Waals surface area contributed by atoms with E-state index in [9.17, 15) is 9.59 Å². The molecule has 0 spiro atoms. The molecule has 2 rings (SSSR count). The van der Waals surface area contributed by atoms with E-state index in [1.165, 1.54) is 0 Å². The molecule has 5 heteroatoms. The van der Waals surface area contributed by atoms with Crippen LogP contribution >= 0.6 is 11.6 Å². The van der Waals surface area contributed by atoms with Crippen molar-refractivity contribution in [1.29, 1.82) is 0 Å². The van der Waals surface area contributed by atoms with Crippen LogP contribution in [-0.4, -0.2) is 23.5 Å². The Morgan fingerprint density at radius 2 is 2.05 bits per heavy atom. The fraction of sp³-hybridized carbons (Fsp3) is 0.467. The Hall–Kier alpha value is -1.55. The van der Waals surface area contributed by atoms with Crippen molar-refractivity contribution in [2.45, 2.75) is 32.6 Å². The quantitative estimate of drug-likeness (QED) is 0.877. The lowest BCUT2D eigenvalue weighted by Crippen LogP contribution is -2.34. The third kappa shape index (κ3) is 2.96. The molecular formula is C15H18ClNO3. The molecule has 0 aliphatic heterocycles. The second-order valence-electron chi connectivity index (χ2n) is 5.66. The van der Waals surface area contributed by atoms with Crippen molar-refractivity contribution < 1.29 is 14.7 Å². The number of carbonyl (C=O) groups excluding carboxylic acids is 1. The van der Waals surface area contributed by atoms with Crippen molar-refractivity contribution in [2.75, 3.05) is 6.54 Å². The van der Waals surface area contributed by atoms with E-state index in [2.05, 4.69) is 5.32 Å². The van der Waals surface area contributed by atoms with Gasteiger partial charge in [0.05, 0.1) is 5.41 Å². The average molecular weight is 296 g/mol. The van der Waals surface area contributed by atoms with Crippen LogP contribution in [0.4, 0.5) is 0 Å². The van der Waals surface area contributed by atoms with Crippen LogP contribution in [0.1, 0.15) is 48.5 Å². The fourth-order valence-corrected chi connectivity index (χ4v) is 2.50. The first-order chi connectivity index (χ1) is 9.35. The zero-order valence-electron chi connectivity index (χ0n) is 11.6. The number of hydrogen-bond acceptors (Lipinski definition) is 2. The number of rotatable bonds is 5. The molecule has 1 fully saturated rings. The van der Waals surface area contributed by atoms with Gasteiger partial charge in [-0.1, -0.05) is 31.5 Å².